The molecule has 134 valence electrons. The highest BCUT2D eigenvalue weighted by Gasteiger charge is 2.24. The maximum absolute atomic E-state index is 12.6. The molecule has 8 nitrogen and oxygen atoms in total. The molecule has 1 aliphatic rings. The van der Waals surface area contributed by atoms with Gasteiger partial charge in [0, 0.05) is 37.0 Å². The van der Waals surface area contributed by atoms with E-state index in [1.54, 1.807) is 26.2 Å². The number of pyridine rings is 1. The smallest absolute Gasteiger partial charge is 0.257 e. The zero-order valence-corrected chi connectivity index (χ0v) is 14.8. The Balaban J connectivity index is 1.49. The van der Waals surface area contributed by atoms with Crippen LogP contribution in [0.3, 0.4) is 0 Å². The summed E-state index contributed by atoms with van der Waals surface area (Å²) in [5.41, 5.74) is 2.15. The number of amides is 1. The Bertz CT molecular complexity index is 911. The minimum atomic E-state index is -0.127. The van der Waals surface area contributed by atoms with E-state index in [1.807, 2.05) is 12.1 Å². The van der Waals surface area contributed by atoms with Gasteiger partial charge in [0.05, 0.1) is 5.69 Å². The molecule has 0 bridgehead atoms. The van der Waals surface area contributed by atoms with Crippen LogP contribution in [0.1, 0.15) is 40.5 Å². The molecular formula is C18H20N6O2. The predicted molar refractivity (Wildman–Crippen MR) is 93.4 cm³/mol. The Morgan fingerprint density at radius 3 is 2.77 bits per heavy atom. The Morgan fingerprint density at radius 1 is 1.23 bits per heavy atom. The summed E-state index contributed by atoms with van der Waals surface area (Å²) in [4.78, 5) is 16.6. The molecule has 0 saturated heterocycles. The van der Waals surface area contributed by atoms with Gasteiger partial charge in [-0.05, 0) is 38.8 Å². The third-order valence-electron chi connectivity index (χ3n) is 4.78. The zero-order valence-electron chi connectivity index (χ0n) is 14.8. The summed E-state index contributed by atoms with van der Waals surface area (Å²) in [7, 11) is 0. The van der Waals surface area contributed by atoms with Crippen LogP contribution < -0.4 is 5.32 Å². The summed E-state index contributed by atoms with van der Waals surface area (Å²) in [5.74, 6) is 2.22. The van der Waals surface area contributed by atoms with Crippen LogP contribution in [0.5, 0.6) is 0 Å². The van der Waals surface area contributed by atoms with Crippen molar-refractivity contribution < 1.29 is 9.32 Å². The number of nitrogens with zero attached hydrogens (tertiary/aromatic N) is 5. The molecule has 1 atom stereocenters. The van der Waals surface area contributed by atoms with Crippen LogP contribution in [-0.2, 0) is 13.0 Å². The molecule has 4 rings (SSSR count). The highest BCUT2D eigenvalue weighted by atomic mass is 16.5. The maximum Gasteiger partial charge on any atom is 0.257 e. The molecule has 0 saturated carbocycles. The fourth-order valence-electron chi connectivity index (χ4n) is 3.41. The number of hydrogen-bond acceptors (Lipinski definition) is 6. The summed E-state index contributed by atoms with van der Waals surface area (Å²) < 4.78 is 7.23. The molecule has 8 heteroatoms. The maximum atomic E-state index is 12.6. The van der Waals surface area contributed by atoms with Crippen LogP contribution in [0.2, 0.25) is 0 Å². The largest absolute Gasteiger partial charge is 0.361 e. The van der Waals surface area contributed by atoms with Crippen LogP contribution >= 0.6 is 0 Å². The van der Waals surface area contributed by atoms with E-state index in [1.165, 1.54) is 0 Å². The monoisotopic (exact) mass is 352 g/mol. The molecule has 1 N–H and O–H groups in total. The van der Waals surface area contributed by atoms with Gasteiger partial charge >= 0.3 is 0 Å². The van der Waals surface area contributed by atoms with Crippen molar-refractivity contribution in [3.63, 3.8) is 0 Å². The summed E-state index contributed by atoms with van der Waals surface area (Å²) in [6.45, 7) is 4.29. The zero-order chi connectivity index (χ0) is 18.1. The first kappa shape index (κ1) is 16.4. The van der Waals surface area contributed by atoms with E-state index >= 15 is 0 Å². The summed E-state index contributed by atoms with van der Waals surface area (Å²) in [6, 6.07) is 3.93. The van der Waals surface area contributed by atoms with Crippen molar-refractivity contribution in [1.29, 1.82) is 0 Å². The van der Waals surface area contributed by atoms with Crippen LogP contribution in [-0.4, -0.2) is 36.9 Å². The number of hydrogen-bond donors (Lipinski definition) is 1. The normalized spacial score (nSPS) is 16.8. The molecule has 1 aliphatic heterocycles. The van der Waals surface area contributed by atoms with Crippen LogP contribution in [0.15, 0.2) is 29.0 Å². The van der Waals surface area contributed by atoms with Crippen molar-refractivity contribution in [2.24, 2.45) is 0 Å². The van der Waals surface area contributed by atoms with Gasteiger partial charge in [-0.2, -0.15) is 0 Å². The minimum Gasteiger partial charge on any atom is -0.361 e. The number of nitrogens with one attached hydrogen (secondary N) is 1. The first-order valence-electron chi connectivity index (χ1n) is 8.69. The van der Waals surface area contributed by atoms with Gasteiger partial charge in [0.2, 0.25) is 0 Å². The van der Waals surface area contributed by atoms with Crippen molar-refractivity contribution in [3.8, 4) is 11.4 Å². The van der Waals surface area contributed by atoms with Gasteiger partial charge in [0.25, 0.3) is 5.91 Å². The molecule has 1 amide bonds. The Kier molecular flexibility index (Phi) is 4.24. The van der Waals surface area contributed by atoms with Gasteiger partial charge < -0.3 is 14.4 Å². The van der Waals surface area contributed by atoms with E-state index in [9.17, 15) is 4.79 Å². The van der Waals surface area contributed by atoms with Gasteiger partial charge in [-0.3, -0.25) is 9.78 Å². The van der Waals surface area contributed by atoms with Gasteiger partial charge in [-0.1, -0.05) is 5.16 Å². The predicted octanol–water partition coefficient (Wildman–Crippen LogP) is 2.08. The number of aromatic nitrogens is 5. The third-order valence-corrected chi connectivity index (χ3v) is 4.78. The standard InChI is InChI=1S/C18H20N6O2/c1-11-16(12(2)26-23-11)18(25)20-14-3-4-15-21-22-17(24(15)10-7-14)13-5-8-19-9-6-13/h5-6,8-9,14H,3-4,7,10H2,1-2H3,(H,20,25). The lowest BCUT2D eigenvalue weighted by molar-refractivity contribution is 0.0931. The Hall–Kier alpha value is -3.03. The molecule has 26 heavy (non-hydrogen) atoms. The average Bonchev–Trinajstić information content (AvgIpc) is 3.14. The number of carbonyl (C=O) groups is 1. The second-order valence-electron chi connectivity index (χ2n) is 6.52. The van der Waals surface area contributed by atoms with E-state index in [-0.39, 0.29) is 11.9 Å². The molecule has 0 aliphatic carbocycles. The quantitative estimate of drug-likeness (QED) is 0.775. The molecule has 3 aromatic rings. The first-order chi connectivity index (χ1) is 12.6. The lowest BCUT2D eigenvalue weighted by Gasteiger charge is -2.16. The topological polar surface area (TPSA) is 98.7 Å². The fourth-order valence-corrected chi connectivity index (χ4v) is 3.41. The number of carbonyl (C=O) groups excluding carboxylic acids is 1. The van der Waals surface area contributed by atoms with Gasteiger partial charge in [0.15, 0.2) is 5.82 Å². The number of fused-ring (bicyclic) bond motifs is 1. The highest BCUT2D eigenvalue weighted by molar-refractivity contribution is 5.96. The number of rotatable bonds is 3. The summed E-state index contributed by atoms with van der Waals surface area (Å²) >= 11 is 0. The lowest BCUT2D eigenvalue weighted by Crippen LogP contribution is -2.35. The average molecular weight is 352 g/mol. The second kappa shape index (κ2) is 6.70. The third kappa shape index (κ3) is 2.98. The van der Waals surface area contributed by atoms with Crippen molar-refractivity contribution in [2.45, 2.75) is 45.7 Å². The van der Waals surface area contributed by atoms with E-state index in [4.69, 9.17) is 4.52 Å². The van der Waals surface area contributed by atoms with Crippen LogP contribution in [0.25, 0.3) is 11.4 Å². The summed E-state index contributed by atoms with van der Waals surface area (Å²) in [5, 5.41) is 15.6. The van der Waals surface area contributed by atoms with Crippen LogP contribution in [0, 0.1) is 13.8 Å². The SMILES string of the molecule is Cc1noc(C)c1C(=O)NC1CCc2nnc(-c3ccncc3)n2CC1. The van der Waals surface area contributed by atoms with Crippen molar-refractivity contribution >= 4 is 5.91 Å². The Labute approximate surface area is 150 Å². The molecule has 0 radical (unpaired) electrons. The summed E-state index contributed by atoms with van der Waals surface area (Å²) in [6.07, 6.45) is 5.91. The molecule has 0 fully saturated rings. The van der Waals surface area contributed by atoms with E-state index in [2.05, 4.69) is 30.2 Å². The van der Waals surface area contributed by atoms with E-state index in [0.717, 1.165) is 43.0 Å². The molecule has 1 unspecified atom stereocenters. The molecule has 3 aromatic heterocycles. The number of aryl methyl sites for hydroxylation is 3. The lowest BCUT2D eigenvalue weighted by atomic mass is 10.1. The van der Waals surface area contributed by atoms with E-state index in [0.29, 0.717) is 17.0 Å². The van der Waals surface area contributed by atoms with Crippen molar-refractivity contribution in [3.05, 3.63) is 47.4 Å². The fraction of sp³-hybridized carbons (Fsp3) is 0.389. The van der Waals surface area contributed by atoms with Crippen molar-refractivity contribution in [1.82, 2.24) is 30.2 Å². The van der Waals surface area contributed by atoms with E-state index < -0.39 is 0 Å². The molecule has 0 spiro atoms. The minimum absolute atomic E-state index is 0.0724. The van der Waals surface area contributed by atoms with Gasteiger partial charge in [-0.25, -0.2) is 0 Å². The molecule has 4 heterocycles. The molecular weight excluding hydrogens is 332 g/mol. The van der Waals surface area contributed by atoms with Crippen LogP contribution in [0.4, 0.5) is 0 Å². The second-order valence-corrected chi connectivity index (χ2v) is 6.52. The van der Waals surface area contributed by atoms with Crippen molar-refractivity contribution in [2.75, 3.05) is 0 Å². The highest BCUT2D eigenvalue weighted by Crippen LogP contribution is 2.22. The Morgan fingerprint density at radius 2 is 2.04 bits per heavy atom. The first-order valence-corrected chi connectivity index (χ1v) is 8.69. The molecule has 0 aromatic carbocycles. The van der Waals surface area contributed by atoms with Gasteiger partial charge in [0.1, 0.15) is 17.1 Å². The van der Waals surface area contributed by atoms with Gasteiger partial charge in [-0.15, -0.1) is 10.2 Å².